The van der Waals surface area contributed by atoms with Crippen LogP contribution in [0.4, 0.5) is 16.2 Å². The minimum Gasteiger partial charge on any atom is -0.399 e. The van der Waals surface area contributed by atoms with Crippen molar-refractivity contribution in [2.75, 3.05) is 10.6 Å². The molecule has 1 spiro atoms. The van der Waals surface area contributed by atoms with Crippen LogP contribution in [0, 0.1) is 0 Å². The summed E-state index contributed by atoms with van der Waals surface area (Å²) in [6.07, 6.45) is 5.69. The molecule has 1 aromatic rings. The van der Waals surface area contributed by atoms with Crippen LogP contribution in [-0.2, 0) is 4.79 Å². The number of benzene rings is 1. The standard InChI is InChI=1S/C15H19N3O2/c16-11-6-5-7-12(10-11)18-13(19)15(17-14(18)20)8-3-1-2-4-9-15/h5-7,10H,1-4,8-9,16H2,(H,17,20). The van der Waals surface area contributed by atoms with Crippen LogP contribution in [0.1, 0.15) is 38.5 Å². The first kappa shape index (κ1) is 13.0. The van der Waals surface area contributed by atoms with E-state index in [4.69, 9.17) is 5.73 Å². The molecule has 0 unspecified atom stereocenters. The molecule has 1 heterocycles. The average molecular weight is 273 g/mol. The van der Waals surface area contributed by atoms with Crippen molar-refractivity contribution in [3.8, 4) is 0 Å². The lowest BCUT2D eigenvalue weighted by atomic mass is 9.90. The molecule has 1 aliphatic heterocycles. The first-order chi connectivity index (χ1) is 9.62. The van der Waals surface area contributed by atoms with Gasteiger partial charge in [-0.1, -0.05) is 31.7 Å². The van der Waals surface area contributed by atoms with Crippen LogP contribution in [-0.4, -0.2) is 17.5 Å². The summed E-state index contributed by atoms with van der Waals surface area (Å²) in [5.74, 6) is -0.130. The van der Waals surface area contributed by atoms with Crippen molar-refractivity contribution in [3.05, 3.63) is 24.3 Å². The molecule has 1 aromatic carbocycles. The fourth-order valence-corrected chi connectivity index (χ4v) is 3.19. The van der Waals surface area contributed by atoms with Crippen LogP contribution >= 0.6 is 0 Å². The minimum absolute atomic E-state index is 0.130. The second kappa shape index (κ2) is 4.81. The fraction of sp³-hybridized carbons (Fsp3) is 0.467. The predicted molar refractivity (Wildman–Crippen MR) is 77.3 cm³/mol. The lowest BCUT2D eigenvalue weighted by Gasteiger charge is -2.24. The number of hydrogen-bond acceptors (Lipinski definition) is 3. The molecule has 0 atom stereocenters. The lowest BCUT2D eigenvalue weighted by molar-refractivity contribution is -0.122. The highest BCUT2D eigenvalue weighted by Gasteiger charge is 2.51. The number of rotatable bonds is 1. The summed E-state index contributed by atoms with van der Waals surface area (Å²) < 4.78 is 0. The van der Waals surface area contributed by atoms with Crippen molar-refractivity contribution in [2.45, 2.75) is 44.1 Å². The van der Waals surface area contributed by atoms with Gasteiger partial charge in [-0.2, -0.15) is 0 Å². The van der Waals surface area contributed by atoms with E-state index in [1.54, 1.807) is 24.3 Å². The Bertz CT molecular complexity index is 548. The molecule has 3 rings (SSSR count). The second-order valence-electron chi connectivity index (χ2n) is 5.66. The van der Waals surface area contributed by atoms with Gasteiger partial charge in [-0.25, -0.2) is 9.69 Å². The van der Waals surface area contributed by atoms with Crippen molar-refractivity contribution in [1.82, 2.24) is 5.32 Å². The average Bonchev–Trinajstić information content (AvgIpc) is 2.58. The van der Waals surface area contributed by atoms with Gasteiger partial charge in [0, 0.05) is 5.69 Å². The number of imide groups is 1. The Balaban J connectivity index is 1.94. The number of carbonyl (C=O) groups is 2. The highest BCUT2D eigenvalue weighted by molar-refractivity contribution is 6.23. The molecule has 0 radical (unpaired) electrons. The van der Waals surface area contributed by atoms with E-state index in [2.05, 4.69) is 5.32 Å². The van der Waals surface area contributed by atoms with Crippen molar-refractivity contribution in [1.29, 1.82) is 0 Å². The van der Waals surface area contributed by atoms with Crippen molar-refractivity contribution in [3.63, 3.8) is 0 Å². The van der Waals surface area contributed by atoms with Gasteiger partial charge >= 0.3 is 6.03 Å². The van der Waals surface area contributed by atoms with E-state index in [0.717, 1.165) is 38.5 Å². The lowest BCUT2D eigenvalue weighted by Crippen LogP contribution is -2.46. The number of hydrogen-bond donors (Lipinski definition) is 2. The predicted octanol–water partition coefficient (Wildman–Crippen LogP) is 2.42. The van der Waals surface area contributed by atoms with Crippen molar-refractivity contribution < 1.29 is 9.59 Å². The molecule has 5 heteroatoms. The molecule has 106 valence electrons. The van der Waals surface area contributed by atoms with Gasteiger partial charge < -0.3 is 11.1 Å². The molecule has 1 saturated heterocycles. The molecule has 0 bridgehead atoms. The van der Waals surface area contributed by atoms with Crippen LogP contribution in [0.2, 0.25) is 0 Å². The highest BCUT2D eigenvalue weighted by atomic mass is 16.2. The topological polar surface area (TPSA) is 75.4 Å². The fourth-order valence-electron chi connectivity index (χ4n) is 3.19. The SMILES string of the molecule is Nc1cccc(N2C(=O)NC3(CCCCCC3)C2=O)c1. The zero-order valence-electron chi connectivity index (χ0n) is 11.4. The van der Waals surface area contributed by atoms with Crippen LogP contribution in [0.25, 0.3) is 0 Å². The van der Waals surface area contributed by atoms with Crippen LogP contribution < -0.4 is 16.0 Å². The molecular formula is C15H19N3O2. The van der Waals surface area contributed by atoms with Crippen LogP contribution in [0.5, 0.6) is 0 Å². The molecule has 3 amide bonds. The van der Waals surface area contributed by atoms with Crippen LogP contribution in [0.15, 0.2) is 24.3 Å². The molecule has 2 fully saturated rings. The third-order valence-electron chi connectivity index (χ3n) is 4.25. The first-order valence-electron chi connectivity index (χ1n) is 7.15. The van der Waals surface area contributed by atoms with E-state index in [-0.39, 0.29) is 11.9 Å². The number of carbonyl (C=O) groups excluding carboxylic acids is 2. The van der Waals surface area contributed by atoms with Gasteiger partial charge in [0.15, 0.2) is 0 Å². The quantitative estimate of drug-likeness (QED) is 0.609. The second-order valence-corrected chi connectivity index (χ2v) is 5.66. The first-order valence-corrected chi connectivity index (χ1v) is 7.15. The maximum Gasteiger partial charge on any atom is 0.329 e. The Morgan fingerprint density at radius 2 is 1.80 bits per heavy atom. The number of nitrogens with two attached hydrogens (primary N) is 1. The van der Waals surface area contributed by atoms with E-state index in [1.807, 2.05) is 0 Å². The van der Waals surface area contributed by atoms with E-state index >= 15 is 0 Å². The van der Waals surface area contributed by atoms with Gasteiger partial charge in [-0.15, -0.1) is 0 Å². The van der Waals surface area contributed by atoms with E-state index in [0.29, 0.717) is 11.4 Å². The summed E-state index contributed by atoms with van der Waals surface area (Å²) in [4.78, 5) is 26.2. The molecule has 0 aromatic heterocycles. The Hall–Kier alpha value is -2.04. The molecule has 1 aliphatic carbocycles. The Labute approximate surface area is 118 Å². The van der Waals surface area contributed by atoms with Gasteiger partial charge in [0.05, 0.1) is 5.69 Å². The summed E-state index contributed by atoms with van der Waals surface area (Å²) in [6, 6.07) is 6.56. The van der Waals surface area contributed by atoms with E-state index in [1.165, 1.54) is 4.90 Å². The zero-order valence-corrected chi connectivity index (χ0v) is 11.4. The van der Waals surface area contributed by atoms with Gasteiger partial charge in [0.2, 0.25) is 0 Å². The Morgan fingerprint density at radius 1 is 1.10 bits per heavy atom. The Kier molecular flexibility index (Phi) is 3.12. The molecule has 20 heavy (non-hydrogen) atoms. The number of urea groups is 1. The minimum atomic E-state index is -0.696. The van der Waals surface area contributed by atoms with Crippen molar-refractivity contribution >= 4 is 23.3 Å². The number of nitrogens with one attached hydrogen (secondary N) is 1. The van der Waals surface area contributed by atoms with Crippen LogP contribution in [0.3, 0.4) is 0 Å². The highest BCUT2D eigenvalue weighted by Crippen LogP contribution is 2.35. The smallest absolute Gasteiger partial charge is 0.329 e. The number of amides is 3. The number of nitrogen functional groups attached to an aromatic ring is 1. The van der Waals surface area contributed by atoms with Crippen molar-refractivity contribution in [2.24, 2.45) is 0 Å². The number of nitrogens with zero attached hydrogens (tertiary/aromatic N) is 1. The third kappa shape index (κ3) is 2.03. The summed E-state index contributed by atoms with van der Waals surface area (Å²) in [5, 5.41) is 2.92. The number of anilines is 2. The summed E-state index contributed by atoms with van der Waals surface area (Å²) >= 11 is 0. The summed E-state index contributed by atoms with van der Waals surface area (Å²) in [5.41, 5.74) is 6.14. The van der Waals surface area contributed by atoms with Gasteiger partial charge in [-0.3, -0.25) is 4.79 Å². The third-order valence-corrected chi connectivity index (χ3v) is 4.25. The normalized spacial score (nSPS) is 21.9. The van der Waals surface area contributed by atoms with E-state index in [9.17, 15) is 9.59 Å². The van der Waals surface area contributed by atoms with Gasteiger partial charge in [-0.05, 0) is 31.0 Å². The molecule has 3 N–H and O–H groups in total. The molecular weight excluding hydrogens is 254 g/mol. The zero-order chi connectivity index (χ0) is 14.2. The summed E-state index contributed by atoms with van der Waals surface area (Å²) in [6.45, 7) is 0. The van der Waals surface area contributed by atoms with Gasteiger partial charge in [0.25, 0.3) is 5.91 Å². The molecule has 5 nitrogen and oxygen atoms in total. The Morgan fingerprint density at radius 3 is 2.45 bits per heavy atom. The van der Waals surface area contributed by atoms with E-state index < -0.39 is 5.54 Å². The maximum absolute atomic E-state index is 12.8. The monoisotopic (exact) mass is 273 g/mol. The largest absolute Gasteiger partial charge is 0.399 e. The maximum atomic E-state index is 12.8. The summed E-state index contributed by atoms with van der Waals surface area (Å²) in [7, 11) is 0. The molecule has 1 saturated carbocycles. The van der Waals surface area contributed by atoms with Gasteiger partial charge in [0.1, 0.15) is 5.54 Å². The molecule has 2 aliphatic rings.